The lowest BCUT2D eigenvalue weighted by molar-refractivity contribution is 0.125. The van der Waals surface area contributed by atoms with Crippen molar-refractivity contribution < 1.29 is 0 Å². The molecule has 160 valence electrons. The number of aryl methyl sites for hydroxylation is 2. The van der Waals surface area contributed by atoms with Crippen LogP contribution in [0.25, 0.3) is 11.2 Å². The summed E-state index contributed by atoms with van der Waals surface area (Å²) in [4.78, 5) is 34.4. The lowest BCUT2D eigenvalue weighted by Crippen LogP contribution is -2.46. The summed E-state index contributed by atoms with van der Waals surface area (Å²) in [6.45, 7) is 6.20. The molecule has 0 unspecified atom stereocenters. The van der Waals surface area contributed by atoms with Gasteiger partial charge in [-0.25, -0.2) is 9.78 Å². The van der Waals surface area contributed by atoms with Gasteiger partial charge < -0.3 is 9.47 Å². The topological polar surface area (TPSA) is 68.3 Å². The molecule has 4 rings (SSSR count). The molecule has 0 saturated carbocycles. The fraction of sp³-hybridized carbons (Fsp3) is 0.476. The molecular weight excluding hydrogens is 404 g/mol. The van der Waals surface area contributed by atoms with E-state index in [9.17, 15) is 9.59 Å². The van der Waals surface area contributed by atoms with Crippen LogP contribution in [0.5, 0.6) is 0 Å². The Morgan fingerprint density at radius 3 is 2.33 bits per heavy atom. The van der Waals surface area contributed by atoms with Crippen LogP contribution in [0.3, 0.4) is 0 Å². The van der Waals surface area contributed by atoms with Crippen molar-refractivity contribution in [1.29, 1.82) is 0 Å². The molecule has 0 atom stereocenters. The third kappa shape index (κ3) is 4.21. The maximum Gasteiger partial charge on any atom is 0.332 e. The van der Waals surface area contributed by atoms with Gasteiger partial charge in [-0.15, -0.1) is 0 Å². The molecule has 2 aromatic heterocycles. The van der Waals surface area contributed by atoms with Gasteiger partial charge in [0.15, 0.2) is 11.2 Å². The van der Waals surface area contributed by atoms with Crippen molar-refractivity contribution in [3.63, 3.8) is 0 Å². The zero-order chi connectivity index (χ0) is 21.3. The molecule has 1 saturated heterocycles. The first-order valence-corrected chi connectivity index (χ1v) is 10.6. The highest BCUT2D eigenvalue weighted by atomic mass is 35.5. The van der Waals surface area contributed by atoms with E-state index in [0.29, 0.717) is 17.7 Å². The van der Waals surface area contributed by atoms with Gasteiger partial charge in [-0.3, -0.25) is 18.8 Å². The monoisotopic (exact) mass is 430 g/mol. The maximum atomic E-state index is 12.8. The lowest BCUT2D eigenvalue weighted by atomic mass is 10.2. The van der Waals surface area contributed by atoms with Gasteiger partial charge in [-0.05, 0) is 30.7 Å². The first-order chi connectivity index (χ1) is 14.4. The summed E-state index contributed by atoms with van der Waals surface area (Å²) < 4.78 is 4.46. The van der Waals surface area contributed by atoms with Crippen LogP contribution < -0.4 is 11.2 Å². The van der Waals surface area contributed by atoms with Crippen LogP contribution in [0.15, 0.2) is 40.2 Å². The molecule has 1 fully saturated rings. The van der Waals surface area contributed by atoms with Gasteiger partial charge in [-0.2, -0.15) is 0 Å². The van der Waals surface area contributed by atoms with Crippen molar-refractivity contribution in [2.45, 2.75) is 19.5 Å². The van der Waals surface area contributed by atoms with Gasteiger partial charge in [0.1, 0.15) is 0 Å². The van der Waals surface area contributed by atoms with Crippen LogP contribution in [-0.4, -0.2) is 61.2 Å². The van der Waals surface area contributed by atoms with Gasteiger partial charge in [0.25, 0.3) is 5.56 Å². The Bertz CT molecular complexity index is 1140. The molecule has 0 radical (unpaired) electrons. The van der Waals surface area contributed by atoms with Crippen LogP contribution in [0.4, 0.5) is 0 Å². The fourth-order valence-electron chi connectivity index (χ4n) is 4.06. The number of halogens is 1. The van der Waals surface area contributed by atoms with Gasteiger partial charge in [-0.1, -0.05) is 23.7 Å². The Morgan fingerprint density at radius 2 is 1.63 bits per heavy atom. The molecule has 0 N–H and O–H groups in total. The number of rotatable bonds is 6. The highest BCUT2D eigenvalue weighted by molar-refractivity contribution is 6.30. The van der Waals surface area contributed by atoms with E-state index in [0.717, 1.165) is 50.7 Å². The number of hydrogen-bond donors (Lipinski definition) is 0. The third-order valence-electron chi connectivity index (χ3n) is 5.84. The summed E-state index contributed by atoms with van der Waals surface area (Å²) in [5.41, 5.74) is 1.60. The predicted octanol–water partition coefficient (Wildman–Crippen LogP) is 1.29. The Labute approximate surface area is 179 Å². The Kier molecular flexibility index (Phi) is 6.08. The molecule has 30 heavy (non-hydrogen) atoms. The predicted molar refractivity (Wildman–Crippen MR) is 118 cm³/mol. The minimum atomic E-state index is -0.306. The molecule has 8 nitrogen and oxygen atoms in total. The summed E-state index contributed by atoms with van der Waals surface area (Å²) in [5, 5.41) is 0.764. The summed E-state index contributed by atoms with van der Waals surface area (Å²) >= 11 is 5.96. The van der Waals surface area contributed by atoms with E-state index in [1.165, 1.54) is 14.7 Å². The minimum Gasteiger partial charge on any atom is -0.328 e. The molecule has 9 heteroatoms. The lowest BCUT2D eigenvalue weighted by Gasteiger charge is -2.34. The van der Waals surface area contributed by atoms with Crippen molar-refractivity contribution in [2.24, 2.45) is 14.1 Å². The molecular formula is C21H27ClN6O2. The number of benzene rings is 1. The average molecular weight is 431 g/mol. The van der Waals surface area contributed by atoms with E-state index in [1.54, 1.807) is 25.0 Å². The third-order valence-corrected chi connectivity index (χ3v) is 6.09. The number of hydrogen-bond acceptors (Lipinski definition) is 5. The van der Waals surface area contributed by atoms with Crippen molar-refractivity contribution in [1.82, 2.24) is 28.5 Å². The van der Waals surface area contributed by atoms with Crippen LogP contribution in [-0.2, 0) is 27.2 Å². The Hall–Kier alpha value is -2.42. The molecule has 1 aliphatic rings. The summed E-state index contributed by atoms with van der Waals surface area (Å²) in [6, 6.07) is 8.02. The largest absolute Gasteiger partial charge is 0.332 e. The van der Waals surface area contributed by atoms with E-state index >= 15 is 0 Å². The highest BCUT2D eigenvalue weighted by Gasteiger charge is 2.18. The number of fused-ring (bicyclic) bond motifs is 1. The van der Waals surface area contributed by atoms with Gasteiger partial charge in [0.2, 0.25) is 0 Å². The fourth-order valence-corrected chi connectivity index (χ4v) is 4.19. The first kappa shape index (κ1) is 20.8. The second kappa shape index (κ2) is 8.75. The van der Waals surface area contributed by atoms with Crippen molar-refractivity contribution >= 4 is 22.8 Å². The molecule has 0 aliphatic carbocycles. The van der Waals surface area contributed by atoms with E-state index in [4.69, 9.17) is 11.6 Å². The zero-order valence-corrected chi connectivity index (χ0v) is 18.2. The van der Waals surface area contributed by atoms with Crippen LogP contribution in [0.2, 0.25) is 5.02 Å². The maximum absolute atomic E-state index is 12.8. The standard InChI is InChI=1S/C21H27ClN6O2/c1-24-15-23-19-18(24)20(29)28(21(30)25(19)2)9-3-8-26-10-12-27(13-11-26)14-16-4-6-17(22)7-5-16/h4-7,15H,3,8-14H2,1-2H3. The number of piperazine rings is 1. The number of aromatic nitrogens is 4. The van der Waals surface area contributed by atoms with Crippen LogP contribution in [0, 0.1) is 0 Å². The van der Waals surface area contributed by atoms with Crippen molar-refractivity contribution in [3.8, 4) is 0 Å². The highest BCUT2D eigenvalue weighted by Crippen LogP contribution is 2.13. The molecule has 3 heterocycles. The molecule has 1 aliphatic heterocycles. The number of nitrogens with zero attached hydrogens (tertiary/aromatic N) is 6. The van der Waals surface area contributed by atoms with E-state index in [-0.39, 0.29) is 11.2 Å². The normalized spacial score (nSPS) is 15.8. The van der Waals surface area contributed by atoms with Gasteiger partial charge >= 0.3 is 5.69 Å². The Morgan fingerprint density at radius 1 is 0.967 bits per heavy atom. The van der Waals surface area contributed by atoms with Crippen LogP contribution in [0.1, 0.15) is 12.0 Å². The molecule has 0 amide bonds. The van der Waals surface area contributed by atoms with E-state index in [1.807, 2.05) is 12.1 Å². The zero-order valence-electron chi connectivity index (χ0n) is 17.4. The Balaban J connectivity index is 1.32. The molecule has 0 spiro atoms. The second-order valence-electron chi connectivity index (χ2n) is 7.92. The smallest absolute Gasteiger partial charge is 0.328 e. The minimum absolute atomic E-state index is 0.263. The van der Waals surface area contributed by atoms with Crippen molar-refractivity contribution in [2.75, 3.05) is 32.7 Å². The summed E-state index contributed by atoms with van der Waals surface area (Å²) in [5.74, 6) is 0. The number of imidazole rings is 1. The van der Waals surface area contributed by atoms with Gasteiger partial charge in [0.05, 0.1) is 6.33 Å². The summed E-state index contributed by atoms with van der Waals surface area (Å²) in [6.07, 6.45) is 2.33. The van der Waals surface area contributed by atoms with Crippen molar-refractivity contribution in [3.05, 3.63) is 62.0 Å². The quantitative estimate of drug-likeness (QED) is 0.589. The SMILES string of the molecule is Cn1cnc2c1c(=O)n(CCCN1CCN(Cc3ccc(Cl)cc3)CC1)c(=O)n2C. The molecule has 1 aromatic carbocycles. The van der Waals surface area contributed by atoms with Crippen LogP contribution >= 0.6 is 11.6 Å². The van der Waals surface area contributed by atoms with Gasteiger partial charge in [0, 0.05) is 58.4 Å². The average Bonchev–Trinajstić information content (AvgIpc) is 3.13. The first-order valence-electron chi connectivity index (χ1n) is 10.2. The molecule has 0 bridgehead atoms. The van der Waals surface area contributed by atoms with E-state index < -0.39 is 0 Å². The van der Waals surface area contributed by atoms with E-state index in [2.05, 4.69) is 26.9 Å². The second-order valence-corrected chi connectivity index (χ2v) is 8.36. The summed E-state index contributed by atoms with van der Waals surface area (Å²) in [7, 11) is 3.43. The molecule has 3 aromatic rings.